The molecular weight excluding hydrogens is 262 g/mol. The lowest BCUT2D eigenvalue weighted by Gasteiger charge is -2.18. The summed E-state index contributed by atoms with van der Waals surface area (Å²) in [5, 5.41) is 13.3. The van der Waals surface area contributed by atoms with E-state index in [0.717, 1.165) is 29.0 Å². The van der Waals surface area contributed by atoms with Crippen LogP contribution < -0.4 is 10.1 Å². The molecule has 0 aliphatic rings. The summed E-state index contributed by atoms with van der Waals surface area (Å²) in [6.45, 7) is 6.73. The molecular formula is C18H23NO2. The predicted octanol–water partition coefficient (Wildman–Crippen LogP) is 3.87. The van der Waals surface area contributed by atoms with Crippen LogP contribution in [0, 0.1) is 13.8 Å². The first-order chi connectivity index (χ1) is 10.0. The zero-order valence-corrected chi connectivity index (χ0v) is 13.1. The van der Waals surface area contributed by atoms with Gasteiger partial charge >= 0.3 is 0 Å². The molecule has 0 saturated carbocycles. The number of ether oxygens (including phenoxy) is 1. The number of methoxy groups -OCH3 is 1. The van der Waals surface area contributed by atoms with E-state index in [1.807, 2.05) is 44.2 Å². The minimum Gasteiger partial charge on any atom is -0.507 e. The SMILES string of the molecule is COc1ccccc1C(C)NCc1cc(C)c(O)c(C)c1. The molecule has 2 aromatic rings. The average molecular weight is 285 g/mol. The highest BCUT2D eigenvalue weighted by atomic mass is 16.5. The standard InChI is InChI=1S/C18H23NO2/c1-12-9-15(10-13(2)18(12)20)11-19-14(3)16-7-5-6-8-17(16)21-4/h5-10,14,19-20H,11H2,1-4H3. The van der Waals surface area contributed by atoms with Crippen LogP contribution in [0.4, 0.5) is 0 Å². The Morgan fingerprint density at radius 3 is 2.38 bits per heavy atom. The van der Waals surface area contributed by atoms with E-state index in [0.29, 0.717) is 5.75 Å². The summed E-state index contributed by atoms with van der Waals surface area (Å²) in [7, 11) is 1.69. The zero-order valence-electron chi connectivity index (χ0n) is 13.1. The van der Waals surface area contributed by atoms with Crippen LogP contribution in [0.2, 0.25) is 0 Å². The third-order valence-electron chi connectivity index (χ3n) is 3.77. The largest absolute Gasteiger partial charge is 0.507 e. The lowest BCUT2D eigenvalue weighted by Crippen LogP contribution is -2.18. The number of para-hydroxylation sites is 1. The minimum absolute atomic E-state index is 0.190. The highest BCUT2D eigenvalue weighted by Gasteiger charge is 2.11. The number of rotatable bonds is 5. The Labute approximate surface area is 126 Å². The van der Waals surface area contributed by atoms with E-state index < -0.39 is 0 Å². The third-order valence-corrected chi connectivity index (χ3v) is 3.77. The fourth-order valence-electron chi connectivity index (χ4n) is 2.55. The van der Waals surface area contributed by atoms with Crippen molar-refractivity contribution in [3.63, 3.8) is 0 Å². The van der Waals surface area contributed by atoms with Gasteiger partial charge in [0.05, 0.1) is 7.11 Å². The van der Waals surface area contributed by atoms with E-state index in [-0.39, 0.29) is 6.04 Å². The number of hydrogen-bond acceptors (Lipinski definition) is 3. The zero-order chi connectivity index (χ0) is 15.4. The van der Waals surface area contributed by atoms with Crippen LogP contribution >= 0.6 is 0 Å². The molecule has 0 aromatic heterocycles. The van der Waals surface area contributed by atoms with Gasteiger partial charge in [-0.3, -0.25) is 0 Å². The Kier molecular flexibility index (Phi) is 4.86. The molecule has 0 aliphatic heterocycles. The monoisotopic (exact) mass is 285 g/mol. The topological polar surface area (TPSA) is 41.5 Å². The Morgan fingerprint density at radius 1 is 1.14 bits per heavy atom. The molecule has 3 heteroatoms. The number of benzene rings is 2. The van der Waals surface area contributed by atoms with Gasteiger partial charge in [0.1, 0.15) is 11.5 Å². The molecule has 2 aromatic carbocycles. The van der Waals surface area contributed by atoms with Crippen molar-refractivity contribution in [2.24, 2.45) is 0 Å². The Balaban J connectivity index is 2.09. The molecule has 0 heterocycles. The molecule has 3 nitrogen and oxygen atoms in total. The summed E-state index contributed by atoms with van der Waals surface area (Å²) in [5.74, 6) is 1.28. The molecule has 0 aliphatic carbocycles. The maximum absolute atomic E-state index is 9.82. The average Bonchev–Trinajstić information content (AvgIpc) is 2.50. The molecule has 112 valence electrons. The van der Waals surface area contributed by atoms with Gasteiger partial charge in [-0.15, -0.1) is 0 Å². The number of phenolic OH excluding ortho intramolecular Hbond substituents is 1. The summed E-state index contributed by atoms with van der Waals surface area (Å²) >= 11 is 0. The van der Waals surface area contributed by atoms with Gasteiger partial charge in [-0.1, -0.05) is 30.3 Å². The predicted molar refractivity (Wildman–Crippen MR) is 85.8 cm³/mol. The molecule has 0 radical (unpaired) electrons. The second kappa shape index (κ2) is 6.64. The van der Waals surface area contributed by atoms with Gasteiger partial charge in [-0.2, -0.15) is 0 Å². The normalized spacial score (nSPS) is 12.2. The molecule has 0 bridgehead atoms. The van der Waals surface area contributed by atoms with Gasteiger partial charge in [0.25, 0.3) is 0 Å². The van der Waals surface area contributed by atoms with Crippen LogP contribution in [-0.4, -0.2) is 12.2 Å². The molecule has 0 fully saturated rings. The molecule has 1 atom stereocenters. The first-order valence-electron chi connectivity index (χ1n) is 7.18. The Bertz CT molecular complexity index is 599. The van der Waals surface area contributed by atoms with E-state index in [1.54, 1.807) is 7.11 Å². The lowest BCUT2D eigenvalue weighted by atomic mass is 10.0. The molecule has 0 spiro atoms. The highest BCUT2D eigenvalue weighted by molar-refractivity contribution is 5.42. The summed E-state index contributed by atoms with van der Waals surface area (Å²) in [5.41, 5.74) is 4.14. The van der Waals surface area contributed by atoms with E-state index in [9.17, 15) is 5.11 Å². The van der Waals surface area contributed by atoms with Gasteiger partial charge in [0.2, 0.25) is 0 Å². The fraction of sp³-hybridized carbons (Fsp3) is 0.333. The first kappa shape index (κ1) is 15.4. The summed E-state index contributed by atoms with van der Waals surface area (Å²) in [6.07, 6.45) is 0. The number of phenols is 1. The highest BCUT2D eigenvalue weighted by Crippen LogP contribution is 2.26. The second-order valence-corrected chi connectivity index (χ2v) is 5.42. The lowest BCUT2D eigenvalue weighted by molar-refractivity contribution is 0.401. The van der Waals surface area contributed by atoms with E-state index in [4.69, 9.17) is 4.74 Å². The summed E-state index contributed by atoms with van der Waals surface area (Å²) < 4.78 is 5.40. The second-order valence-electron chi connectivity index (χ2n) is 5.42. The van der Waals surface area contributed by atoms with Gasteiger partial charge in [-0.25, -0.2) is 0 Å². The summed E-state index contributed by atoms with van der Waals surface area (Å²) in [6, 6.07) is 12.3. The Morgan fingerprint density at radius 2 is 1.76 bits per heavy atom. The Hall–Kier alpha value is -2.00. The number of hydrogen-bond donors (Lipinski definition) is 2. The van der Waals surface area contributed by atoms with E-state index >= 15 is 0 Å². The van der Waals surface area contributed by atoms with Crippen LogP contribution in [0.3, 0.4) is 0 Å². The number of aryl methyl sites for hydroxylation is 2. The van der Waals surface area contributed by atoms with Crippen molar-refractivity contribution < 1.29 is 9.84 Å². The van der Waals surface area contributed by atoms with Crippen LogP contribution in [0.15, 0.2) is 36.4 Å². The van der Waals surface area contributed by atoms with Crippen molar-refractivity contribution in [1.29, 1.82) is 0 Å². The van der Waals surface area contributed by atoms with E-state index in [2.05, 4.69) is 18.3 Å². The quantitative estimate of drug-likeness (QED) is 0.876. The summed E-state index contributed by atoms with van der Waals surface area (Å²) in [4.78, 5) is 0. The van der Waals surface area contributed by atoms with Crippen molar-refractivity contribution in [2.45, 2.75) is 33.4 Å². The van der Waals surface area contributed by atoms with Gasteiger partial charge in [0.15, 0.2) is 0 Å². The van der Waals surface area contributed by atoms with Crippen molar-refractivity contribution in [1.82, 2.24) is 5.32 Å². The van der Waals surface area contributed by atoms with Crippen molar-refractivity contribution in [3.05, 3.63) is 58.7 Å². The van der Waals surface area contributed by atoms with Crippen LogP contribution in [-0.2, 0) is 6.54 Å². The maximum Gasteiger partial charge on any atom is 0.123 e. The van der Waals surface area contributed by atoms with E-state index in [1.165, 1.54) is 5.56 Å². The number of nitrogens with one attached hydrogen (secondary N) is 1. The molecule has 0 amide bonds. The molecule has 0 saturated heterocycles. The minimum atomic E-state index is 0.190. The molecule has 2 rings (SSSR count). The maximum atomic E-state index is 9.82. The first-order valence-corrected chi connectivity index (χ1v) is 7.18. The fourth-order valence-corrected chi connectivity index (χ4v) is 2.55. The van der Waals surface area contributed by atoms with Crippen LogP contribution in [0.25, 0.3) is 0 Å². The van der Waals surface area contributed by atoms with Crippen LogP contribution in [0.5, 0.6) is 11.5 Å². The molecule has 1 unspecified atom stereocenters. The van der Waals surface area contributed by atoms with Crippen molar-refractivity contribution in [3.8, 4) is 11.5 Å². The van der Waals surface area contributed by atoms with Crippen LogP contribution in [0.1, 0.15) is 35.2 Å². The number of aromatic hydroxyl groups is 1. The van der Waals surface area contributed by atoms with Gasteiger partial charge in [0, 0.05) is 18.2 Å². The van der Waals surface area contributed by atoms with Crippen molar-refractivity contribution in [2.75, 3.05) is 7.11 Å². The smallest absolute Gasteiger partial charge is 0.123 e. The van der Waals surface area contributed by atoms with Gasteiger partial charge < -0.3 is 15.2 Å². The molecule has 2 N–H and O–H groups in total. The molecule has 21 heavy (non-hydrogen) atoms. The van der Waals surface area contributed by atoms with Gasteiger partial charge in [-0.05, 0) is 43.5 Å². The van der Waals surface area contributed by atoms with Crippen molar-refractivity contribution >= 4 is 0 Å². The third kappa shape index (κ3) is 3.56.